The summed E-state index contributed by atoms with van der Waals surface area (Å²) in [6.45, 7) is 10.7. The summed E-state index contributed by atoms with van der Waals surface area (Å²) in [6, 6.07) is 4.13. The van der Waals surface area contributed by atoms with E-state index in [1.807, 2.05) is 6.07 Å². The highest BCUT2D eigenvalue weighted by atomic mass is 16.5. The Bertz CT molecular complexity index is 490. The van der Waals surface area contributed by atoms with Crippen LogP contribution in [0, 0.1) is 25.2 Å². The van der Waals surface area contributed by atoms with Gasteiger partial charge in [0.05, 0.1) is 12.7 Å². The number of benzene rings is 1. The lowest BCUT2D eigenvalue weighted by Crippen LogP contribution is -2.30. The van der Waals surface area contributed by atoms with Gasteiger partial charge in [-0.05, 0) is 49.1 Å². The average Bonchev–Trinajstić information content (AvgIpc) is 2.51. The number of methoxy groups -OCH3 is 1. The van der Waals surface area contributed by atoms with E-state index in [0.29, 0.717) is 0 Å². The summed E-state index contributed by atoms with van der Waals surface area (Å²) in [4.78, 5) is 0. The topological polar surface area (TPSA) is 29.5 Å². The van der Waals surface area contributed by atoms with Gasteiger partial charge in [0.2, 0.25) is 0 Å². The predicted molar refractivity (Wildman–Crippen MR) is 78.5 cm³/mol. The molecule has 0 aliphatic heterocycles. The number of hydrogen-bond acceptors (Lipinski definition) is 2. The molecule has 1 aromatic rings. The maximum absolute atomic E-state index is 11.2. The van der Waals surface area contributed by atoms with Gasteiger partial charge in [-0.2, -0.15) is 0 Å². The summed E-state index contributed by atoms with van der Waals surface area (Å²) in [7, 11) is 1.69. The highest BCUT2D eigenvalue weighted by molar-refractivity contribution is 5.48. The van der Waals surface area contributed by atoms with Crippen LogP contribution in [0.15, 0.2) is 12.1 Å². The quantitative estimate of drug-likeness (QED) is 0.874. The van der Waals surface area contributed by atoms with Crippen LogP contribution < -0.4 is 4.74 Å². The van der Waals surface area contributed by atoms with Gasteiger partial charge in [0.25, 0.3) is 0 Å². The Labute approximate surface area is 116 Å². The third-order valence-corrected chi connectivity index (χ3v) is 4.77. The van der Waals surface area contributed by atoms with Crippen molar-refractivity contribution >= 4 is 0 Å². The minimum absolute atomic E-state index is 0.179. The van der Waals surface area contributed by atoms with Crippen LogP contribution in [0.4, 0.5) is 0 Å². The molecule has 0 amide bonds. The molecule has 0 saturated heterocycles. The van der Waals surface area contributed by atoms with Crippen molar-refractivity contribution in [3.63, 3.8) is 0 Å². The molecule has 0 aromatic heterocycles. The molecule has 1 N–H and O–H groups in total. The minimum atomic E-state index is -0.771. The molecule has 1 fully saturated rings. The van der Waals surface area contributed by atoms with E-state index in [9.17, 15) is 5.11 Å². The molecular weight excluding hydrogens is 236 g/mol. The van der Waals surface area contributed by atoms with Crippen molar-refractivity contribution in [3.8, 4) is 5.75 Å². The summed E-state index contributed by atoms with van der Waals surface area (Å²) in [6.07, 6.45) is 1.83. The van der Waals surface area contributed by atoms with Gasteiger partial charge < -0.3 is 9.84 Å². The first kappa shape index (κ1) is 14.4. The van der Waals surface area contributed by atoms with Crippen molar-refractivity contribution in [2.24, 2.45) is 11.3 Å². The van der Waals surface area contributed by atoms with Crippen molar-refractivity contribution in [1.82, 2.24) is 0 Å². The molecule has 2 heteroatoms. The van der Waals surface area contributed by atoms with E-state index in [-0.39, 0.29) is 11.3 Å². The molecule has 0 radical (unpaired) electrons. The van der Waals surface area contributed by atoms with Crippen LogP contribution in [-0.4, -0.2) is 12.2 Å². The maximum Gasteiger partial charge on any atom is 0.128 e. The number of rotatable bonds is 2. The fraction of sp³-hybridized carbons (Fsp3) is 0.647. The molecule has 0 bridgehead atoms. The van der Waals surface area contributed by atoms with Crippen molar-refractivity contribution < 1.29 is 9.84 Å². The SMILES string of the molecule is COc1c(C2(O)CC(C)(C)CC2C)ccc(C)c1C. The van der Waals surface area contributed by atoms with E-state index < -0.39 is 5.60 Å². The lowest BCUT2D eigenvalue weighted by molar-refractivity contribution is -0.00295. The van der Waals surface area contributed by atoms with Gasteiger partial charge in [-0.3, -0.25) is 0 Å². The summed E-state index contributed by atoms with van der Waals surface area (Å²) < 4.78 is 5.59. The first-order valence-electron chi connectivity index (χ1n) is 7.08. The van der Waals surface area contributed by atoms with Crippen molar-refractivity contribution in [2.45, 2.75) is 53.1 Å². The fourth-order valence-electron chi connectivity index (χ4n) is 3.73. The van der Waals surface area contributed by atoms with Gasteiger partial charge >= 0.3 is 0 Å². The van der Waals surface area contributed by atoms with Crippen molar-refractivity contribution in [3.05, 3.63) is 28.8 Å². The van der Waals surface area contributed by atoms with E-state index in [0.717, 1.165) is 29.7 Å². The van der Waals surface area contributed by atoms with E-state index in [1.165, 1.54) is 5.56 Å². The zero-order valence-electron chi connectivity index (χ0n) is 13.0. The second kappa shape index (κ2) is 4.52. The Hall–Kier alpha value is -1.02. The summed E-state index contributed by atoms with van der Waals surface area (Å²) in [5.74, 6) is 1.10. The van der Waals surface area contributed by atoms with Crippen molar-refractivity contribution in [1.29, 1.82) is 0 Å². The highest BCUT2D eigenvalue weighted by Crippen LogP contribution is 2.54. The third-order valence-electron chi connectivity index (χ3n) is 4.77. The van der Waals surface area contributed by atoms with Gasteiger partial charge in [-0.25, -0.2) is 0 Å². The van der Waals surface area contributed by atoms with Crippen LogP contribution in [0.5, 0.6) is 5.75 Å². The number of aliphatic hydroxyl groups is 1. The zero-order chi connectivity index (χ0) is 14.4. The first-order chi connectivity index (χ1) is 8.71. The molecular formula is C17H26O2. The number of aryl methyl sites for hydroxylation is 1. The number of ether oxygens (including phenoxy) is 1. The third kappa shape index (κ3) is 2.27. The van der Waals surface area contributed by atoms with Crippen LogP contribution in [-0.2, 0) is 5.60 Å². The van der Waals surface area contributed by atoms with Crippen molar-refractivity contribution in [2.75, 3.05) is 7.11 Å². The Kier molecular flexibility index (Phi) is 3.42. The van der Waals surface area contributed by atoms with E-state index >= 15 is 0 Å². The zero-order valence-corrected chi connectivity index (χ0v) is 13.0. The molecule has 2 nitrogen and oxygen atoms in total. The molecule has 2 rings (SSSR count). The summed E-state index contributed by atoms with van der Waals surface area (Å²) in [5, 5.41) is 11.2. The molecule has 0 spiro atoms. The average molecular weight is 262 g/mol. The predicted octanol–water partition coefficient (Wildman–Crippen LogP) is 3.96. The Morgan fingerprint density at radius 2 is 1.89 bits per heavy atom. The lowest BCUT2D eigenvalue weighted by Gasteiger charge is -2.31. The normalized spacial score (nSPS) is 29.5. The van der Waals surface area contributed by atoms with Gasteiger partial charge in [0, 0.05) is 5.56 Å². The van der Waals surface area contributed by atoms with Crippen LogP contribution >= 0.6 is 0 Å². The largest absolute Gasteiger partial charge is 0.496 e. The minimum Gasteiger partial charge on any atom is -0.496 e. The monoisotopic (exact) mass is 262 g/mol. The summed E-state index contributed by atoms with van der Waals surface area (Å²) in [5.41, 5.74) is 2.70. The first-order valence-corrected chi connectivity index (χ1v) is 7.08. The molecule has 2 unspecified atom stereocenters. The summed E-state index contributed by atoms with van der Waals surface area (Å²) >= 11 is 0. The Balaban J connectivity index is 2.56. The molecule has 2 atom stereocenters. The molecule has 1 aliphatic rings. The maximum atomic E-state index is 11.2. The van der Waals surface area contributed by atoms with E-state index in [4.69, 9.17) is 4.74 Å². The van der Waals surface area contributed by atoms with E-state index in [2.05, 4.69) is 40.7 Å². The van der Waals surface area contributed by atoms with Crippen LogP contribution in [0.25, 0.3) is 0 Å². The Morgan fingerprint density at radius 1 is 1.26 bits per heavy atom. The standard InChI is InChI=1S/C17H26O2/c1-11-7-8-14(15(19-6)13(11)3)17(18)10-16(4,5)9-12(17)2/h7-8,12,18H,9-10H2,1-6H3. The molecule has 0 heterocycles. The van der Waals surface area contributed by atoms with E-state index in [1.54, 1.807) is 7.11 Å². The molecule has 1 aromatic carbocycles. The van der Waals surface area contributed by atoms with Gasteiger partial charge in [-0.15, -0.1) is 0 Å². The molecule has 1 aliphatic carbocycles. The van der Waals surface area contributed by atoms with Crippen LogP contribution in [0.1, 0.15) is 50.3 Å². The van der Waals surface area contributed by atoms with Crippen LogP contribution in [0.2, 0.25) is 0 Å². The fourth-order valence-corrected chi connectivity index (χ4v) is 3.73. The lowest BCUT2D eigenvalue weighted by atomic mass is 9.82. The van der Waals surface area contributed by atoms with Gasteiger partial charge in [0.1, 0.15) is 5.75 Å². The second-order valence-corrected chi connectivity index (χ2v) is 6.96. The Morgan fingerprint density at radius 3 is 2.37 bits per heavy atom. The highest BCUT2D eigenvalue weighted by Gasteiger charge is 2.49. The molecule has 19 heavy (non-hydrogen) atoms. The van der Waals surface area contributed by atoms with Gasteiger partial charge in [0.15, 0.2) is 0 Å². The van der Waals surface area contributed by atoms with Gasteiger partial charge in [-0.1, -0.05) is 32.9 Å². The molecule has 106 valence electrons. The molecule has 1 saturated carbocycles. The second-order valence-electron chi connectivity index (χ2n) is 6.96. The smallest absolute Gasteiger partial charge is 0.128 e. The number of hydrogen-bond donors (Lipinski definition) is 1. The van der Waals surface area contributed by atoms with Crippen LogP contribution in [0.3, 0.4) is 0 Å².